The van der Waals surface area contributed by atoms with Crippen LogP contribution in [0.4, 0.5) is 5.13 Å². The van der Waals surface area contributed by atoms with E-state index in [1.165, 1.54) is 0 Å². The van der Waals surface area contributed by atoms with Crippen molar-refractivity contribution in [3.05, 3.63) is 40.8 Å². The van der Waals surface area contributed by atoms with Crippen molar-refractivity contribution < 1.29 is 4.42 Å². The minimum absolute atomic E-state index is 0.312. The molecule has 0 spiro atoms. The molecule has 3 rings (SSSR count). The van der Waals surface area contributed by atoms with Crippen LogP contribution in [0.15, 0.2) is 39.5 Å². The highest BCUT2D eigenvalue weighted by molar-refractivity contribution is 7.09. The molecular formula is C11H7N3O2S. The Morgan fingerprint density at radius 3 is 2.88 bits per heavy atom. The lowest BCUT2D eigenvalue weighted by atomic mass is 10.2. The highest BCUT2D eigenvalue weighted by Gasteiger charge is 2.11. The van der Waals surface area contributed by atoms with E-state index in [4.69, 9.17) is 10.2 Å². The standard InChI is InChI=1S/C11H7N3O2S/c12-11-13-9(14-17-11)7-5-6-3-1-2-4-8(6)16-10(7)15/h1-5H,(H2,12,13,14). The molecule has 0 saturated heterocycles. The Balaban J connectivity index is 2.30. The molecule has 17 heavy (non-hydrogen) atoms. The molecule has 0 saturated carbocycles. The molecular weight excluding hydrogens is 238 g/mol. The quantitative estimate of drug-likeness (QED) is 0.662. The second kappa shape index (κ2) is 3.67. The van der Waals surface area contributed by atoms with Crippen LogP contribution in [0.25, 0.3) is 22.4 Å². The van der Waals surface area contributed by atoms with E-state index in [9.17, 15) is 4.79 Å². The summed E-state index contributed by atoms with van der Waals surface area (Å²) in [6, 6.07) is 8.99. The third-order valence-corrected chi connectivity index (χ3v) is 2.87. The topological polar surface area (TPSA) is 82.0 Å². The van der Waals surface area contributed by atoms with Gasteiger partial charge in [0.25, 0.3) is 0 Å². The van der Waals surface area contributed by atoms with Gasteiger partial charge in [-0.2, -0.15) is 9.36 Å². The van der Waals surface area contributed by atoms with Gasteiger partial charge < -0.3 is 10.2 Å². The van der Waals surface area contributed by atoms with Gasteiger partial charge in [-0.3, -0.25) is 0 Å². The fraction of sp³-hybridized carbons (Fsp3) is 0. The van der Waals surface area contributed by atoms with Crippen molar-refractivity contribution in [2.24, 2.45) is 0 Å². The summed E-state index contributed by atoms with van der Waals surface area (Å²) in [6.07, 6.45) is 0. The molecule has 0 aliphatic carbocycles. The summed E-state index contributed by atoms with van der Waals surface area (Å²) in [5.41, 5.74) is 5.91. The molecule has 0 aliphatic heterocycles. The minimum atomic E-state index is -0.457. The number of hydrogen-bond acceptors (Lipinski definition) is 6. The summed E-state index contributed by atoms with van der Waals surface area (Å²) in [7, 11) is 0. The largest absolute Gasteiger partial charge is 0.422 e. The van der Waals surface area contributed by atoms with Crippen molar-refractivity contribution in [1.29, 1.82) is 0 Å². The number of fused-ring (bicyclic) bond motifs is 1. The van der Waals surface area contributed by atoms with E-state index in [0.29, 0.717) is 22.1 Å². The van der Waals surface area contributed by atoms with Gasteiger partial charge >= 0.3 is 5.63 Å². The lowest BCUT2D eigenvalue weighted by Gasteiger charge is -1.97. The maximum absolute atomic E-state index is 11.8. The molecule has 2 N–H and O–H groups in total. The second-order valence-electron chi connectivity index (χ2n) is 3.44. The summed E-state index contributed by atoms with van der Waals surface area (Å²) in [4.78, 5) is 15.7. The summed E-state index contributed by atoms with van der Waals surface area (Å²) >= 11 is 1.05. The Bertz CT molecular complexity index is 748. The number of aromatic nitrogens is 2. The van der Waals surface area contributed by atoms with Gasteiger partial charge in [-0.15, -0.1) is 0 Å². The Morgan fingerprint density at radius 2 is 2.12 bits per heavy atom. The molecule has 0 aliphatic rings. The number of anilines is 1. The highest BCUT2D eigenvalue weighted by Crippen LogP contribution is 2.20. The third-order valence-electron chi connectivity index (χ3n) is 2.32. The molecule has 5 nitrogen and oxygen atoms in total. The molecule has 84 valence electrons. The molecule has 0 bridgehead atoms. The lowest BCUT2D eigenvalue weighted by Crippen LogP contribution is -2.03. The van der Waals surface area contributed by atoms with Crippen LogP contribution in [0.2, 0.25) is 0 Å². The van der Waals surface area contributed by atoms with Crippen molar-refractivity contribution >= 4 is 27.6 Å². The van der Waals surface area contributed by atoms with Gasteiger partial charge in [0.05, 0.1) is 0 Å². The van der Waals surface area contributed by atoms with Crippen LogP contribution in [0.1, 0.15) is 0 Å². The van der Waals surface area contributed by atoms with E-state index in [1.807, 2.05) is 18.2 Å². The molecule has 2 aromatic heterocycles. The van der Waals surface area contributed by atoms with Gasteiger partial charge in [-0.1, -0.05) is 18.2 Å². The zero-order chi connectivity index (χ0) is 11.8. The van der Waals surface area contributed by atoms with Gasteiger partial charge in [0.2, 0.25) is 0 Å². The molecule has 0 atom stereocenters. The third kappa shape index (κ3) is 1.68. The number of hydrogen-bond donors (Lipinski definition) is 1. The molecule has 6 heteroatoms. The van der Waals surface area contributed by atoms with Crippen molar-refractivity contribution in [1.82, 2.24) is 9.36 Å². The Hall–Kier alpha value is -2.21. The van der Waals surface area contributed by atoms with E-state index < -0.39 is 5.63 Å². The van der Waals surface area contributed by atoms with Crippen molar-refractivity contribution in [2.45, 2.75) is 0 Å². The molecule has 1 aromatic carbocycles. The fourth-order valence-electron chi connectivity index (χ4n) is 1.56. The minimum Gasteiger partial charge on any atom is -0.422 e. The van der Waals surface area contributed by atoms with Crippen LogP contribution in [0.5, 0.6) is 0 Å². The average molecular weight is 245 g/mol. The number of nitrogens with zero attached hydrogens (tertiary/aromatic N) is 2. The maximum atomic E-state index is 11.8. The first-order valence-corrected chi connectivity index (χ1v) is 5.64. The molecule has 0 amide bonds. The number of para-hydroxylation sites is 1. The zero-order valence-corrected chi connectivity index (χ0v) is 9.40. The molecule has 2 heterocycles. The van der Waals surface area contributed by atoms with Gasteiger partial charge in [0.15, 0.2) is 11.0 Å². The lowest BCUT2D eigenvalue weighted by molar-refractivity contribution is 0.563. The molecule has 0 radical (unpaired) electrons. The Morgan fingerprint density at radius 1 is 1.29 bits per heavy atom. The van der Waals surface area contributed by atoms with Crippen LogP contribution in [0.3, 0.4) is 0 Å². The van der Waals surface area contributed by atoms with Crippen molar-refractivity contribution in [3.63, 3.8) is 0 Å². The predicted octanol–water partition coefficient (Wildman–Crippen LogP) is 1.89. The van der Waals surface area contributed by atoms with Crippen LogP contribution in [-0.4, -0.2) is 9.36 Å². The summed E-state index contributed by atoms with van der Waals surface area (Å²) in [5, 5.41) is 1.16. The zero-order valence-electron chi connectivity index (χ0n) is 8.58. The Labute approximate surface area is 99.7 Å². The number of nitrogen functional groups attached to an aromatic ring is 1. The summed E-state index contributed by atoms with van der Waals surface area (Å²) in [6.45, 7) is 0. The number of rotatable bonds is 1. The van der Waals surface area contributed by atoms with Crippen LogP contribution >= 0.6 is 11.5 Å². The van der Waals surface area contributed by atoms with Gasteiger partial charge in [0.1, 0.15) is 11.1 Å². The van der Waals surface area contributed by atoms with E-state index in [2.05, 4.69) is 9.36 Å². The van der Waals surface area contributed by atoms with Crippen molar-refractivity contribution in [3.8, 4) is 11.4 Å². The van der Waals surface area contributed by atoms with Gasteiger partial charge in [0, 0.05) is 16.9 Å². The molecule has 3 aromatic rings. The first-order chi connectivity index (χ1) is 8.24. The molecule has 0 fully saturated rings. The van der Waals surface area contributed by atoms with Crippen LogP contribution in [0, 0.1) is 0 Å². The van der Waals surface area contributed by atoms with E-state index in [0.717, 1.165) is 16.9 Å². The van der Waals surface area contributed by atoms with E-state index in [1.54, 1.807) is 12.1 Å². The number of benzene rings is 1. The predicted molar refractivity (Wildman–Crippen MR) is 65.8 cm³/mol. The summed E-state index contributed by atoms with van der Waals surface area (Å²) in [5.74, 6) is 0.312. The monoisotopic (exact) mass is 245 g/mol. The van der Waals surface area contributed by atoms with Crippen LogP contribution < -0.4 is 11.4 Å². The smallest absolute Gasteiger partial charge is 0.347 e. The average Bonchev–Trinajstić information content (AvgIpc) is 2.75. The highest BCUT2D eigenvalue weighted by atomic mass is 32.1. The normalized spacial score (nSPS) is 10.8. The van der Waals surface area contributed by atoms with E-state index in [-0.39, 0.29) is 0 Å². The number of nitrogens with two attached hydrogens (primary N) is 1. The van der Waals surface area contributed by atoms with E-state index >= 15 is 0 Å². The first kappa shape index (κ1) is 9.98. The fourth-order valence-corrected chi connectivity index (χ4v) is 2.01. The van der Waals surface area contributed by atoms with Gasteiger partial charge in [-0.05, 0) is 12.1 Å². The molecule has 0 unspecified atom stereocenters. The second-order valence-corrected chi connectivity index (χ2v) is 4.23. The van der Waals surface area contributed by atoms with Crippen molar-refractivity contribution in [2.75, 3.05) is 5.73 Å². The SMILES string of the molecule is Nc1nc(-c2cc3ccccc3oc2=O)ns1. The Kier molecular flexibility index (Phi) is 2.15. The maximum Gasteiger partial charge on any atom is 0.347 e. The first-order valence-electron chi connectivity index (χ1n) is 4.86. The summed E-state index contributed by atoms with van der Waals surface area (Å²) < 4.78 is 9.18. The van der Waals surface area contributed by atoms with Crippen LogP contribution in [-0.2, 0) is 0 Å². The van der Waals surface area contributed by atoms with Gasteiger partial charge in [-0.25, -0.2) is 4.79 Å².